The Morgan fingerprint density at radius 3 is 2.77 bits per heavy atom. The number of nitrogens with one attached hydrogen (secondary N) is 2. The summed E-state index contributed by atoms with van der Waals surface area (Å²) in [4.78, 5) is 23.2. The van der Waals surface area contributed by atoms with E-state index >= 15 is 0 Å². The van der Waals surface area contributed by atoms with E-state index in [4.69, 9.17) is 11.6 Å². The SMILES string of the molecule is O=[11C](/C=C/CN1CCSCC1)Nc1ccc2ncnc(Nc3ccc(F)c(Cl)c3)c2c1. The molecule has 31 heavy (non-hydrogen) atoms. The number of carbonyl (C=O) groups excluding carboxylic acids is 1. The Balaban J connectivity index is 1.47. The Bertz CT molecular complexity index is 1120. The van der Waals surface area contributed by atoms with Crippen LogP contribution in [0.1, 0.15) is 0 Å². The molecule has 2 heterocycles. The number of hydrogen-bond acceptors (Lipinski definition) is 6. The van der Waals surface area contributed by atoms with E-state index in [-0.39, 0.29) is 10.9 Å². The van der Waals surface area contributed by atoms with E-state index in [1.165, 1.54) is 18.5 Å². The summed E-state index contributed by atoms with van der Waals surface area (Å²) in [6.45, 7) is 2.88. The second kappa shape index (κ2) is 10.1. The highest BCUT2D eigenvalue weighted by molar-refractivity contribution is 7.99. The van der Waals surface area contributed by atoms with Crippen molar-refractivity contribution in [2.24, 2.45) is 0 Å². The molecule has 1 saturated heterocycles. The van der Waals surface area contributed by atoms with Crippen LogP contribution in [0, 0.1) is 5.82 Å². The van der Waals surface area contributed by atoms with E-state index in [9.17, 15) is 9.18 Å². The first-order chi connectivity index (χ1) is 15.1. The molecular weight excluding hydrogens is 436 g/mol. The van der Waals surface area contributed by atoms with Gasteiger partial charge in [0.2, 0.25) is 5.91 Å². The second-order valence-electron chi connectivity index (χ2n) is 7.01. The third kappa shape index (κ3) is 5.72. The monoisotopic (exact) mass is 456 g/mol. The maximum Gasteiger partial charge on any atom is 0.248 e. The number of hydrogen-bond donors (Lipinski definition) is 2. The second-order valence-corrected chi connectivity index (χ2v) is 8.64. The minimum Gasteiger partial charge on any atom is -0.340 e. The smallest absolute Gasteiger partial charge is 0.248 e. The highest BCUT2D eigenvalue weighted by Crippen LogP contribution is 2.27. The summed E-state index contributed by atoms with van der Waals surface area (Å²) in [6.07, 6.45) is 4.89. The van der Waals surface area contributed by atoms with Gasteiger partial charge in [-0.15, -0.1) is 0 Å². The molecule has 0 unspecified atom stereocenters. The van der Waals surface area contributed by atoms with Crippen LogP contribution < -0.4 is 10.6 Å². The van der Waals surface area contributed by atoms with Gasteiger partial charge >= 0.3 is 0 Å². The lowest BCUT2D eigenvalue weighted by atomic mass is 10.00. The minimum atomic E-state index is -0.489. The molecule has 0 saturated carbocycles. The molecule has 0 radical (unpaired) electrons. The number of benzene rings is 2. The molecule has 6 nitrogen and oxygen atoms in total. The molecule has 1 aromatic heterocycles. The van der Waals surface area contributed by atoms with Crippen molar-refractivity contribution in [3.8, 4) is 0 Å². The third-order valence-corrected chi connectivity index (χ3v) is 6.05. The van der Waals surface area contributed by atoms with Crippen LogP contribution in [0.25, 0.3) is 10.9 Å². The summed E-state index contributed by atoms with van der Waals surface area (Å²) in [6, 6.07) is 9.76. The molecule has 1 amide bonds. The van der Waals surface area contributed by atoms with Crippen molar-refractivity contribution in [3.05, 3.63) is 65.7 Å². The molecule has 0 atom stereocenters. The fraction of sp³-hybridized carbons (Fsp3) is 0.227. The largest absolute Gasteiger partial charge is 0.340 e. The summed E-state index contributed by atoms with van der Waals surface area (Å²) in [5, 5.41) is 6.74. The molecule has 2 N–H and O–H groups in total. The quantitative estimate of drug-likeness (QED) is 0.523. The number of fused-ring (bicyclic) bond motifs is 1. The Morgan fingerprint density at radius 1 is 1.16 bits per heavy atom. The minimum absolute atomic E-state index is 0.0198. The van der Waals surface area contributed by atoms with Crippen molar-refractivity contribution < 1.29 is 9.18 Å². The number of rotatable bonds is 6. The number of halogens is 2. The van der Waals surface area contributed by atoms with Gasteiger partial charge in [0.25, 0.3) is 0 Å². The van der Waals surface area contributed by atoms with Gasteiger partial charge in [-0.3, -0.25) is 9.69 Å². The van der Waals surface area contributed by atoms with Crippen molar-refractivity contribution >= 4 is 57.4 Å². The molecule has 2 aromatic carbocycles. The molecule has 0 aliphatic carbocycles. The normalized spacial score (nSPS) is 14.8. The molecule has 160 valence electrons. The topological polar surface area (TPSA) is 70.2 Å². The first kappa shape index (κ1) is 21.5. The average Bonchev–Trinajstić information content (AvgIpc) is 2.77. The van der Waals surface area contributed by atoms with Gasteiger partial charge in [-0.2, -0.15) is 11.8 Å². The van der Waals surface area contributed by atoms with E-state index in [1.807, 2.05) is 23.9 Å². The van der Waals surface area contributed by atoms with Gasteiger partial charge in [-0.1, -0.05) is 17.7 Å². The average molecular weight is 457 g/mol. The number of nitrogens with zero attached hydrogens (tertiary/aromatic N) is 3. The number of anilines is 3. The molecular formula is C22H21ClFN5OS. The number of amides is 1. The van der Waals surface area contributed by atoms with Gasteiger partial charge in [0.1, 0.15) is 18.0 Å². The Labute approximate surface area is 188 Å². The summed E-state index contributed by atoms with van der Waals surface area (Å²) in [7, 11) is 0. The fourth-order valence-electron chi connectivity index (χ4n) is 3.22. The van der Waals surface area contributed by atoms with Crippen molar-refractivity contribution in [1.29, 1.82) is 0 Å². The number of aromatic nitrogens is 2. The van der Waals surface area contributed by atoms with Gasteiger partial charge in [0.05, 0.1) is 10.5 Å². The highest BCUT2D eigenvalue weighted by atomic mass is 35.5. The van der Waals surface area contributed by atoms with Crippen LogP contribution in [0.4, 0.5) is 21.6 Å². The molecule has 1 fully saturated rings. The van der Waals surface area contributed by atoms with Gasteiger partial charge < -0.3 is 10.6 Å². The van der Waals surface area contributed by atoms with Crippen LogP contribution in [-0.4, -0.2) is 51.9 Å². The summed E-state index contributed by atoms with van der Waals surface area (Å²) >= 11 is 7.83. The molecule has 3 aromatic rings. The first-order valence-corrected chi connectivity index (χ1v) is 11.4. The van der Waals surface area contributed by atoms with Crippen LogP contribution in [-0.2, 0) is 4.79 Å². The van der Waals surface area contributed by atoms with E-state index in [0.29, 0.717) is 22.7 Å². The Hall–Kier alpha value is -2.68. The number of thioether (sulfide) groups is 1. The van der Waals surface area contributed by atoms with Gasteiger partial charge in [0, 0.05) is 54.0 Å². The van der Waals surface area contributed by atoms with Crippen molar-refractivity contribution in [2.75, 3.05) is 41.8 Å². The zero-order chi connectivity index (χ0) is 21.6. The molecule has 4 rings (SSSR count). The molecule has 1 aliphatic heterocycles. The molecule has 0 spiro atoms. The maximum absolute atomic E-state index is 13.4. The lowest BCUT2D eigenvalue weighted by Crippen LogP contribution is -2.32. The number of carbonyl (C=O) groups is 1. The highest BCUT2D eigenvalue weighted by Gasteiger charge is 2.10. The van der Waals surface area contributed by atoms with E-state index in [1.54, 1.807) is 24.3 Å². The fourth-order valence-corrected chi connectivity index (χ4v) is 4.38. The lowest BCUT2D eigenvalue weighted by Gasteiger charge is -2.24. The third-order valence-electron chi connectivity index (χ3n) is 4.82. The molecule has 1 aliphatic rings. The summed E-state index contributed by atoms with van der Waals surface area (Å²) < 4.78 is 13.4. The Morgan fingerprint density at radius 2 is 1.97 bits per heavy atom. The van der Waals surface area contributed by atoms with E-state index in [0.717, 1.165) is 36.5 Å². The van der Waals surface area contributed by atoms with Crippen molar-refractivity contribution in [3.63, 3.8) is 0 Å². The van der Waals surface area contributed by atoms with E-state index in [2.05, 4.69) is 25.5 Å². The van der Waals surface area contributed by atoms with Gasteiger partial charge in [-0.25, -0.2) is 14.4 Å². The van der Waals surface area contributed by atoms with Crippen LogP contribution in [0.3, 0.4) is 0 Å². The molecule has 0 bridgehead atoms. The maximum atomic E-state index is 13.4. The van der Waals surface area contributed by atoms with Crippen molar-refractivity contribution in [2.45, 2.75) is 0 Å². The van der Waals surface area contributed by atoms with Gasteiger partial charge in [0.15, 0.2) is 0 Å². The van der Waals surface area contributed by atoms with Crippen LogP contribution in [0.5, 0.6) is 0 Å². The predicted octanol–water partition coefficient (Wildman–Crippen LogP) is 4.71. The zero-order valence-electron chi connectivity index (χ0n) is 16.6. The predicted molar refractivity (Wildman–Crippen MR) is 126 cm³/mol. The van der Waals surface area contributed by atoms with Gasteiger partial charge in [-0.05, 0) is 36.4 Å². The van der Waals surface area contributed by atoms with Crippen LogP contribution in [0.15, 0.2) is 54.9 Å². The van der Waals surface area contributed by atoms with Crippen LogP contribution >= 0.6 is 23.4 Å². The molecule has 9 heteroatoms. The van der Waals surface area contributed by atoms with Crippen LogP contribution in [0.2, 0.25) is 5.02 Å². The standard InChI is InChI=1S/C22H21ClFN5OS/c23-18-13-16(3-5-19(18)24)28-22-17-12-15(4-6-20(17)25-14-26-22)27-21(30)2-1-7-29-8-10-31-11-9-29/h1-6,12-14H,7-11H2,(H,27,30)(H,25,26,28)/b2-1+/i21-1. The first-order valence-electron chi connectivity index (χ1n) is 9.83. The van der Waals surface area contributed by atoms with E-state index < -0.39 is 5.82 Å². The Kier molecular flexibility index (Phi) is 7.01. The summed E-state index contributed by atoms with van der Waals surface area (Å²) in [5.74, 6) is 2.13. The zero-order valence-corrected chi connectivity index (χ0v) is 18.2. The lowest BCUT2D eigenvalue weighted by molar-refractivity contribution is -0.111. The van der Waals surface area contributed by atoms with Crippen molar-refractivity contribution in [1.82, 2.24) is 14.9 Å². The summed E-state index contributed by atoms with van der Waals surface area (Å²) in [5.41, 5.74) is 1.94.